The van der Waals surface area contributed by atoms with Crippen LogP contribution in [-0.2, 0) is 4.74 Å². The summed E-state index contributed by atoms with van der Waals surface area (Å²) in [6.07, 6.45) is 3.52. The zero-order chi connectivity index (χ0) is 10.6. The summed E-state index contributed by atoms with van der Waals surface area (Å²) in [5.41, 5.74) is 5.47. The van der Waals surface area contributed by atoms with Crippen LogP contribution in [0.15, 0.2) is 5.16 Å². The monoisotopic (exact) mass is 201 g/mol. The summed E-state index contributed by atoms with van der Waals surface area (Å²) >= 11 is 0. The van der Waals surface area contributed by atoms with Crippen molar-refractivity contribution in [2.45, 2.75) is 44.4 Å². The van der Waals surface area contributed by atoms with Crippen molar-refractivity contribution in [3.8, 4) is 0 Å². The van der Waals surface area contributed by atoms with Gasteiger partial charge in [0.25, 0.3) is 0 Å². The third-order valence-corrected chi connectivity index (χ3v) is 2.76. The number of hydrogen-bond donors (Lipinski definition) is 3. The molecule has 3 unspecified atom stereocenters. The molecule has 1 aliphatic rings. The molecule has 1 saturated carbocycles. The topological polar surface area (TPSA) is 79.9 Å². The molecule has 0 heterocycles. The molecule has 5 nitrogen and oxygen atoms in total. The first-order valence-corrected chi connectivity index (χ1v) is 4.93. The van der Waals surface area contributed by atoms with Gasteiger partial charge < -0.3 is 21.0 Å². The van der Waals surface area contributed by atoms with Gasteiger partial charge >= 0.3 is 0 Å². The summed E-state index contributed by atoms with van der Waals surface area (Å²) in [5, 5.41) is 14.7. The van der Waals surface area contributed by atoms with Crippen molar-refractivity contribution in [3.05, 3.63) is 0 Å². The second kappa shape index (κ2) is 5.17. The molecule has 82 valence electrons. The number of oxime groups is 1. The summed E-state index contributed by atoms with van der Waals surface area (Å²) in [7, 11) is 1.74. The van der Waals surface area contributed by atoms with E-state index >= 15 is 0 Å². The van der Waals surface area contributed by atoms with E-state index in [0.717, 1.165) is 19.3 Å². The lowest BCUT2D eigenvalue weighted by Gasteiger charge is -2.18. The van der Waals surface area contributed by atoms with Gasteiger partial charge in [0.15, 0.2) is 5.84 Å². The molecule has 4 N–H and O–H groups in total. The molecule has 0 saturated heterocycles. The minimum atomic E-state index is -0.0828. The van der Waals surface area contributed by atoms with E-state index in [0.29, 0.717) is 12.1 Å². The molecule has 5 heteroatoms. The fraction of sp³-hybridized carbons (Fsp3) is 0.889. The molecule has 3 atom stereocenters. The van der Waals surface area contributed by atoms with E-state index in [4.69, 9.17) is 15.7 Å². The van der Waals surface area contributed by atoms with Gasteiger partial charge in [-0.15, -0.1) is 0 Å². The molecule has 1 rings (SSSR count). The molecule has 0 aromatic carbocycles. The van der Waals surface area contributed by atoms with Crippen molar-refractivity contribution in [1.29, 1.82) is 0 Å². The highest BCUT2D eigenvalue weighted by molar-refractivity contribution is 5.84. The Morgan fingerprint density at radius 2 is 2.36 bits per heavy atom. The minimum Gasteiger partial charge on any atom is -0.409 e. The molecule has 0 radical (unpaired) electrons. The lowest BCUT2D eigenvalue weighted by Crippen LogP contribution is -2.43. The summed E-state index contributed by atoms with van der Waals surface area (Å²) in [5.74, 6) is 0.228. The van der Waals surface area contributed by atoms with Crippen molar-refractivity contribution in [1.82, 2.24) is 5.32 Å². The van der Waals surface area contributed by atoms with Gasteiger partial charge in [-0.05, 0) is 26.2 Å². The number of hydrogen-bond acceptors (Lipinski definition) is 4. The van der Waals surface area contributed by atoms with E-state index in [1.54, 1.807) is 7.11 Å². The maximum atomic E-state index is 8.48. The number of nitrogens with zero attached hydrogens (tertiary/aromatic N) is 1. The number of nitrogens with one attached hydrogen (secondary N) is 1. The van der Waals surface area contributed by atoms with Crippen LogP contribution >= 0.6 is 0 Å². The van der Waals surface area contributed by atoms with Crippen molar-refractivity contribution < 1.29 is 9.94 Å². The fourth-order valence-corrected chi connectivity index (χ4v) is 1.83. The highest BCUT2D eigenvalue weighted by atomic mass is 16.5. The van der Waals surface area contributed by atoms with Crippen LogP contribution in [-0.4, -0.2) is 36.3 Å². The molecule has 0 amide bonds. The van der Waals surface area contributed by atoms with E-state index in [9.17, 15) is 0 Å². The molecule has 0 bridgehead atoms. The second-order valence-corrected chi connectivity index (χ2v) is 3.78. The van der Waals surface area contributed by atoms with Gasteiger partial charge in [-0.1, -0.05) is 5.16 Å². The van der Waals surface area contributed by atoms with Gasteiger partial charge in [0.1, 0.15) is 0 Å². The van der Waals surface area contributed by atoms with Crippen LogP contribution in [0.25, 0.3) is 0 Å². The van der Waals surface area contributed by atoms with Crippen molar-refractivity contribution >= 4 is 5.84 Å². The lowest BCUT2D eigenvalue weighted by molar-refractivity contribution is 0.107. The van der Waals surface area contributed by atoms with E-state index in [1.807, 2.05) is 6.92 Å². The van der Waals surface area contributed by atoms with Gasteiger partial charge in [0.2, 0.25) is 0 Å². The third-order valence-electron chi connectivity index (χ3n) is 2.76. The first kappa shape index (κ1) is 11.3. The molecule has 1 aliphatic carbocycles. The number of rotatable bonds is 4. The van der Waals surface area contributed by atoms with E-state index in [1.165, 1.54) is 0 Å². The van der Waals surface area contributed by atoms with Gasteiger partial charge in [-0.25, -0.2) is 0 Å². The summed E-state index contributed by atoms with van der Waals surface area (Å²) in [6, 6.07) is 0.329. The van der Waals surface area contributed by atoms with Crippen LogP contribution < -0.4 is 11.1 Å². The Labute approximate surface area is 84.3 Å². The van der Waals surface area contributed by atoms with Crippen LogP contribution in [0.2, 0.25) is 0 Å². The minimum absolute atomic E-state index is 0.0828. The normalized spacial score (nSPS) is 30.6. The molecule has 0 aromatic heterocycles. The van der Waals surface area contributed by atoms with Crippen LogP contribution in [0, 0.1) is 0 Å². The largest absolute Gasteiger partial charge is 0.409 e. The highest BCUT2D eigenvalue weighted by Crippen LogP contribution is 2.21. The standard InChI is InChI=1S/C9H19N3O2/c1-6(9(10)12-13)11-7-3-4-8(5-7)14-2/h6-8,11,13H,3-5H2,1-2H3,(H2,10,12). The Bertz CT molecular complexity index is 208. The zero-order valence-corrected chi connectivity index (χ0v) is 8.73. The smallest absolute Gasteiger partial charge is 0.156 e. The first-order chi connectivity index (χ1) is 6.67. The van der Waals surface area contributed by atoms with Crippen molar-refractivity contribution in [2.24, 2.45) is 10.9 Å². The average Bonchev–Trinajstić information content (AvgIpc) is 2.64. The van der Waals surface area contributed by atoms with Gasteiger partial charge in [-0.3, -0.25) is 0 Å². The number of methoxy groups -OCH3 is 1. The fourth-order valence-electron chi connectivity index (χ4n) is 1.83. The summed E-state index contributed by atoms with van der Waals surface area (Å²) in [4.78, 5) is 0. The van der Waals surface area contributed by atoms with Crippen LogP contribution in [0.1, 0.15) is 26.2 Å². The van der Waals surface area contributed by atoms with Gasteiger partial charge in [-0.2, -0.15) is 0 Å². The van der Waals surface area contributed by atoms with E-state index in [2.05, 4.69) is 10.5 Å². The van der Waals surface area contributed by atoms with Gasteiger partial charge in [0, 0.05) is 13.2 Å². The molecule has 1 fully saturated rings. The zero-order valence-electron chi connectivity index (χ0n) is 8.73. The second-order valence-electron chi connectivity index (χ2n) is 3.78. The number of nitrogens with two attached hydrogens (primary N) is 1. The Hall–Kier alpha value is -0.810. The third kappa shape index (κ3) is 2.85. The van der Waals surface area contributed by atoms with E-state index < -0.39 is 0 Å². The quantitative estimate of drug-likeness (QED) is 0.264. The molecular weight excluding hydrogens is 182 g/mol. The summed E-state index contributed by atoms with van der Waals surface area (Å²) < 4.78 is 5.26. The Kier molecular flexibility index (Phi) is 4.16. The Balaban J connectivity index is 2.32. The molecule has 0 aliphatic heterocycles. The van der Waals surface area contributed by atoms with Crippen LogP contribution in [0.4, 0.5) is 0 Å². The first-order valence-electron chi connectivity index (χ1n) is 4.93. The van der Waals surface area contributed by atoms with Gasteiger partial charge in [0.05, 0.1) is 12.1 Å². The van der Waals surface area contributed by atoms with Crippen molar-refractivity contribution in [2.75, 3.05) is 7.11 Å². The highest BCUT2D eigenvalue weighted by Gasteiger charge is 2.25. The SMILES string of the molecule is COC1CCC(NC(C)C(N)=NO)C1. The molecule has 0 aromatic rings. The van der Waals surface area contributed by atoms with Crippen LogP contribution in [0.3, 0.4) is 0 Å². The number of ether oxygens (including phenoxy) is 1. The maximum Gasteiger partial charge on any atom is 0.156 e. The molecule has 14 heavy (non-hydrogen) atoms. The Morgan fingerprint density at radius 3 is 2.86 bits per heavy atom. The lowest BCUT2D eigenvalue weighted by atomic mass is 10.2. The summed E-state index contributed by atoms with van der Waals surface area (Å²) in [6.45, 7) is 1.88. The predicted molar refractivity (Wildman–Crippen MR) is 54.4 cm³/mol. The van der Waals surface area contributed by atoms with Crippen molar-refractivity contribution in [3.63, 3.8) is 0 Å². The maximum absolute atomic E-state index is 8.48. The van der Waals surface area contributed by atoms with Crippen LogP contribution in [0.5, 0.6) is 0 Å². The molecular formula is C9H19N3O2. The predicted octanol–water partition coefficient (Wildman–Crippen LogP) is 0.278. The molecule has 0 spiro atoms. The Morgan fingerprint density at radius 1 is 1.64 bits per heavy atom. The number of amidine groups is 1. The van der Waals surface area contributed by atoms with E-state index in [-0.39, 0.29) is 11.9 Å². The average molecular weight is 201 g/mol.